The highest BCUT2D eigenvalue weighted by Crippen LogP contribution is 2.36. The molecule has 1 aromatic carbocycles. The molecular weight excluding hydrogens is 478 g/mol. The van der Waals surface area contributed by atoms with Crippen LogP contribution in [0.25, 0.3) is 10.9 Å². The van der Waals surface area contributed by atoms with Crippen molar-refractivity contribution >= 4 is 22.7 Å². The second kappa shape index (κ2) is 11.6. The summed E-state index contributed by atoms with van der Waals surface area (Å²) >= 11 is 0. The summed E-state index contributed by atoms with van der Waals surface area (Å²) in [4.78, 5) is 40.2. The lowest BCUT2D eigenvalue weighted by molar-refractivity contribution is -0.138. The van der Waals surface area contributed by atoms with Crippen molar-refractivity contribution in [1.82, 2.24) is 24.7 Å². The van der Waals surface area contributed by atoms with E-state index in [1.807, 2.05) is 25.3 Å². The van der Waals surface area contributed by atoms with Crippen molar-refractivity contribution in [2.24, 2.45) is 13.0 Å². The van der Waals surface area contributed by atoms with E-state index in [4.69, 9.17) is 0 Å². The second-order valence-corrected chi connectivity index (χ2v) is 10.7. The molecule has 0 bridgehead atoms. The number of nitrogens with zero attached hydrogens (tertiary/aromatic N) is 3. The molecular formula is C30H39N5O3. The topological polar surface area (TPSA) is 88.4 Å². The molecule has 2 aromatic heterocycles. The van der Waals surface area contributed by atoms with Gasteiger partial charge in [0.2, 0.25) is 11.8 Å². The molecule has 5 rings (SSSR count). The van der Waals surface area contributed by atoms with Gasteiger partial charge in [-0.15, -0.1) is 0 Å². The standard InChI is InChI=1S/C30H39N5O3/c1-3-28(36)32-13-6-15-34-19-22(25-7-4-5-8-27(25)34)20-35(23-9-10-23)30(38)26-18-31-14-11-24(26)21-12-16-33(2)29(37)17-21/h4-5,7-8,12,16-17,19,23-24,26,31H,3,6,9-11,13-15,18,20H2,1-2H3,(H,32,36)/t24-,26+/m1/s1. The van der Waals surface area contributed by atoms with Crippen molar-refractivity contribution in [2.45, 2.75) is 64.1 Å². The smallest absolute Gasteiger partial charge is 0.250 e. The number of carbonyl (C=O) groups is 2. The number of para-hydroxylation sites is 1. The SMILES string of the molecule is CCC(=O)NCCCn1cc(CN(C(=O)[C@H]2CNCC[C@@H]2c2ccn(C)c(=O)c2)C2CC2)c2ccccc21. The zero-order valence-electron chi connectivity index (χ0n) is 22.5. The van der Waals surface area contributed by atoms with Gasteiger partial charge in [0.05, 0.1) is 5.92 Å². The van der Waals surface area contributed by atoms with Crippen LogP contribution in [0.15, 0.2) is 53.6 Å². The number of pyridine rings is 1. The Balaban J connectivity index is 1.36. The van der Waals surface area contributed by atoms with Gasteiger partial charge in [0.1, 0.15) is 0 Å². The van der Waals surface area contributed by atoms with Crippen LogP contribution in [0.3, 0.4) is 0 Å². The molecule has 1 saturated heterocycles. The fourth-order valence-corrected chi connectivity index (χ4v) is 5.72. The Bertz CT molecular complexity index is 1360. The van der Waals surface area contributed by atoms with Crippen LogP contribution in [-0.4, -0.2) is 51.5 Å². The molecule has 0 spiro atoms. The first kappa shape index (κ1) is 26.2. The summed E-state index contributed by atoms with van der Waals surface area (Å²) < 4.78 is 3.83. The first-order valence-corrected chi connectivity index (χ1v) is 14.0. The maximum absolute atomic E-state index is 14.1. The van der Waals surface area contributed by atoms with Gasteiger partial charge >= 0.3 is 0 Å². The number of carbonyl (C=O) groups excluding carboxylic acids is 2. The van der Waals surface area contributed by atoms with Gasteiger partial charge in [-0.25, -0.2) is 0 Å². The van der Waals surface area contributed by atoms with E-state index in [0.717, 1.165) is 55.4 Å². The first-order chi connectivity index (χ1) is 18.5. The molecule has 2 aliphatic rings. The highest BCUT2D eigenvalue weighted by atomic mass is 16.2. The van der Waals surface area contributed by atoms with Crippen molar-refractivity contribution in [2.75, 3.05) is 19.6 Å². The average molecular weight is 518 g/mol. The van der Waals surface area contributed by atoms with Gasteiger partial charge in [-0.3, -0.25) is 14.4 Å². The van der Waals surface area contributed by atoms with E-state index in [9.17, 15) is 14.4 Å². The van der Waals surface area contributed by atoms with Gasteiger partial charge in [0.15, 0.2) is 0 Å². The molecule has 3 aromatic rings. The molecule has 8 nitrogen and oxygen atoms in total. The molecule has 202 valence electrons. The highest BCUT2D eigenvalue weighted by Gasteiger charge is 2.40. The fraction of sp³-hybridized carbons (Fsp3) is 0.500. The predicted molar refractivity (Wildman–Crippen MR) is 149 cm³/mol. The number of rotatable bonds is 10. The summed E-state index contributed by atoms with van der Waals surface area (Å²) in [6.45, 7) is 5.38. The maximum Gasteiger partial charge on any atom is 0.250 e. The van der Waals surface area contributed by atoms with Crippen molar-refractivity contribution in [3.63, 3.8) is 0 Å². The molecule has 2 fully saturated rings. The predicted octanol–water partition coefficient (Wildman–Crippen LogP) is 3.14. The van der Waals surface area contributed by atoms with Gasteiger partial charge in [0, 0.05) is 75.1 Å². The fourth-order valence-electron chi connectivity index (χ4n) is 5.72. The van der Waals surface area contributed by atoms with Crippen LogP contribution < -0.4 is 16.2 Å². The third-order valence-corrected chi connectivity index (χ3v) is 8.06. The molecule has 2 atom stereocenters. The van der Waals surface area contributed by atoms with E-state index >= 15 is 0 Å². The van der Waals surface area contributed by atoms with Crippen molar-refractivity contribution < 1.29 is 9.59 Å². The third kappa shape index (κ3) is 5.70. The number of benzene rings is 1. The Hall–Kier alpha value is -3.39. The van der Waals surface area contributed by atoms with Crippen molar-refractivity contribution in [1.29, 1.82) is 0 Å². The number of amides is 2. The summed E-state index contributed by atoms with van der Waals surface area (Å²) in [6.07, 6.45) is 8.27. The molecule has 1 aliphatic heterocycles. The van der Waals surface area contributed by atoms with Crippen LogP contribution in [0.5, 0.6) is 0 Å². The second-order valence-electron chi connectivity index (χ2n) is 10.7. The van der Waals surface area contributed by atoms with E-state index in [1.165, 1.54) is 5.39 Å². The van der Waals surface area contributed by atoms with Gasteiger partial charge in [-0.2, -0.15) is 0 Å². The Kier molecular flexibility index (Phi) is 7.98. The minimum absolute atomic E-state index is 0.0339. The zero-order chi connectivity index (χ0) is 26.6. The Morgan fingerprint density at radius 2 is 1.97 bits per heavy atom. The van der Waals surface area contributed by atoms with E-state index in [-0.39, 0.29) is 35.3 Å². The number of nitrogens with one attached hydrogen (secondary N) is 2. The summed E-state index contributed by atoms with van der Waals surface area (Å²) in [6, 6.07) is 12.3. The van der Waals surface area contributed by atoms with Gasteiger partial charge in [-0.1, -0.05) is 25.1 Å². The highest BCUT2D eigenvalue weighted by molar-refractivity contribution is 5.85. The zero-order valence-corrected chi connectivity index (χ0v) is 22.5. The molecule has 38 heavy (non-hydrogen) atoms. The number of aryl methyl sites for hydroxylation is 2. The van der Waals surface area contributed by atoms with Crippen molar-refractivity contribution in [3.05, 3.63) is 70.3 Å². The summed E-state index contributed by atoms with van der Waals surface area (Å²) in [5.41, 5.74) is 3.25. The molecule has 2 amide bonds. The molecule has 3 heterocycles. The lowest BCUT2D eigenvalue weighted by atomic mass is 9.80. The summed E-state index contributed by atoms with van der Waals surface area (Å²) in [5.74, 6) is 0.114. The Morgan fingerprint density at radius 3 is 2.74 bits per heavy atom. The monoisotopic (exact) mass is 517 g/mol. The van der Waals surface area contributed by atoms with Gasteiger partial charge in [0.25, 0.3) is 5.56 Å². The van der Waals surface area contributed by atoms with Crippen LogP contribution in [-0.2, 0) is 29.7 Å². The largest absolute Gasteiger partial charge is 0.356 e. The third-order valence-electron chi connectivity index (χ3n) is 8.06. The van der Waals surface area contributed by atoms with Crippen LogP contribution in [0.4, 0.5) is 0 Å². The lowest BCUT2D eigenvalue weighted by Gasteiger charge is -2.35. The summed E-state index contributed by atoms with van der Waals surface area (Å²) in [7, 11) is 1.75. The number of piperidine rings is 1. The van der Waals surface area contributed by atoms with Crippen LogP contribution >= 0.6 is 0 Å². The van der Waals surface area contributed by atoms with E-state index in [0.29, 0.717) is 26.1 Å². The van der Waals surface area contributed by atoms with Crippen LogP contribution in [0.2, 0.25) is 0 Å². The number of aromatic nitrogens is 2. The van der Waals surface area contributed by atoms with Crippen LogP contribution in [0.1, 0.15) is 56.1 Å². The molecule has 1 aliphatic carbocycles. The van der Waals surface area contributed by atoms with E-state index in [2.05, 4.69) is 44.5 Å². The van der Waals surface area contributed by atoms with Crippen molar-refractivity contribution in [3.8, 4) is 0 Å². The number of fused-ring (bicyclic) bond motifs is 1. The van der Waals surface area contributed by atoms with Crippen LogP contribution in [0, 0.1) is 5.92 Å². The molecule has 2 N–H and O–H groups in total. The molecule has 0 unspecified atom stereocenters. The van der Waals surface area contributed by atoms with Gasteiger partial charge < -0.3 is 24.7 Å². The Morgan fingerprint density at radius 1 is 1.16 bits per heavy atom. The van der Waals surface area contributed by atoms with E-state index in [1.54, 1.807) is 17.7 Å². The first-order valence-electron chi connectivity index (χ1n) is 14.0. The molecule has 0 radical (unpaired) electrons. The quantitative estimate of drug-likeness (QED) is 0.405. The van der Waals surface area contributed by atoms with Gasteiger partial charge in [-0.05, 0) is 61.4 Å². The summed E-state index contributed by atoms with van der Waals surface area (Å²) in [5, 5.41) is 7.56. The minimum atomic E-state index is -0.188. The average Bonchev–Trinajstić information content (AvgIpc) is 3.73. The normalized spacial score (nSPS) is 19.4. The number of hydrogen-bond acceptors (Lipinski definition) is 4. The minimum Gasteiger partial charge on any atom is -0.356 e. The lowest BCUT2D eigenvalue weighted by Crippen LogP contribution is -2.47. The number of hydrogen-bond donors (Lipinski definition) is 2. The van der Waals surface area contributed by atoms with E-state index < -0.39 is 0 Å². The Labute approximate surface area is 224 Å². The molecule has 8 heteroatoms. The molecule has 1 saturated carbocycles. The maximum atomic E-state index is 14.1.